The molecule has 0 aromatic heterocycles. The zero-order valence-electron chi connectivity index (χ0n) is 23.0. The Morgan fingerprint density at radius 3 is 0.943 bits per heavy atom. The first-order chi connectivity index (χ1) is 15.8. The van der Waals surface area contributed by atoms with E-state index in [9.17, 15) is 19.5 Å². The lowest BCUT2D eigenvalue weighted by Crippen LogP contribution is -2.45. The van der Waals surface area contributed by atoms with Crippen LogP contribution in [0.3, 0.4) is 0 Å². The number of aliphatic hydroxyl groups is 1. The van der Waals surface area contributed by atoms with Crippen molar-refractivity contribution in [3.8, 4) is 0 Å². The standard InChI is InChI=1S/C25H46O10/c1-22(2,3)33-19(26)10-13-30-16-25(29,17-31-14-11-20(27)34-23(4,5)6)18-32-15-12-21(28)35-24(7,8)9/h29H,10-18H2,1-9H3. The molecule has 0 unspecified atom stereocenters. The zero-order chi connectivity index (χ0) is 27.3. The Morgan fingerprint density at radius 1 is 0.514 bits per heavy atom. The molecule has 35 heavy (non-hydrogen) atoms. The van der Waals surface area contributed by atoms with Crippen LogP contribution in [-0.4, -0.2) is 85.1 Å². The van der Waals surface area contributed by atoms with Crippen molar-refractivity contribution in [1.82, 2.24) is 0 Å². The van der Waals surface area contributed by atoms with Crippen LogP contribution in [0.4, 0.5) is 0 Å². The quantitative estimate of drug-likeness (QED) is 0.201. The van der Waals surface area contributed by atoms with Gasteiger partial charge >= 0.3 is 17.9 Å². The Labute approximate surface area is 209 Å². The van der Waals surface area contributed by atoms with Gasteiger partial charge in [0.25, 0.3) is 0 Å². The Kier molecular flexibility index (Phi) is 14.0. The molecule has 0 aromatic carbocycles. The summed E-state index contributed by atoms with van der Waals surface area (Å²) in [5.74, 6) is -1.24. The van der Waals surface area contributed by atoms with E-state index in [4.69, 9.17) is 28.4 Å². The van der Waals surface area contributed by atoms with Crippen LogP contribution in [-0.2, 0) is 42.8 Å². The van der Waals surface area contributed by atoms with Gasteiger partial charge in [0.05, 0.1) is 58.9 Å². The van der Waals surface area contributed by atoms with Gasteiger partial charge in [-0.25, -0.2) is 0 Å². The van der Waals surface area contributed by atoms with Crippen molar-refractivity contribution in [3.63, 3.8) is 0 Å². The maximum atomic E-state index is 11.8. The van der Waals surface area contributed by atoms with Crippen LogP contribution in [0.25, 0.3) is 0 Å². The van der Waals surface area contributed by atoms with Crippen molar-refractivity contribution in [3.05, 3.63) is 0 Å². The molecule has 0 atom stereocenters. The van der Waals surface area contributed by atoms with Gasteiger partial charge in [0.15, 0.2) is 0 Å². The molecule has 0 amide bonds. The van der Waals surface area contributed by atoms with Crippen molar-refractivity contribution in [1.29, 1.82) is 0 Å². The molecule has 0 bridgehead atoms. The summed E-state index contributed by atoms with van der Waals surface area (Å²) in [6.07, 6.45) is 0.0606. The van der Waals surface area contributed by atoms with Crippen molar-refractivity contribution in [2.75, 3.05) is 39.6 Å². The molecule has 0 saturated carbocycles. The second kappa shape index (κ2) is 14.7. The van der Waals surface area contributed by atoms with Gasteiger partial charge in [0, 0.05) is 0 Å². The summed E-state index contributed by atoms with van der Waals surface area (Å²) in [5.41, 5.74) is -3.35. The largest absolute Gasteiger partial charge is 0.460 e. The highest BCUT2D eigenvalue weighted by atomic mass is 16.6. The molecule has 10 nitrogen and oxygen atoms in total. The number of esters is 3. The summed E-state index contributed by atoms with van der Waals surface area (Å²) in [6, 6.07) is 0. The summed E-state index contributed by atoms with van der Waals surface area (Å²) >= 11 is 0. The number of ether oxygens (including phenoxy) is 6. The highest BCUT2D eigenvalue weighted by molar-refractivity contribution is 5.70. The molecule has 0 radical (unpaired) electrons. The van der Waals surface area contributed by atoms with Crippen molar-refractivity contribution in [2.45, 2.75) is 104 Å². The number of rotatable bonds is 15. The molecule has 0 aromatic rings. The third-order valence-electron chi connectivity index (χ3n) is 3.72. The Balaban J connectivity index is 4.66. The second-order valence-corrected chi connectivity index (χ2v) is 11.4. The van der Waals surface area contributed by atoms with Crippen LogP contribution in [0.1, 0.15) is 81.6 Å². The zero-order valence-corrected chi connectivity index (χ0v) is 23.0. The number of hydrogen-bond acceptors (Lipinski definition) is 10. The SMILES string of the molecule is CC(C)(C)OC(=O)CCOCC(O)(COCCC(=O)OC(C)(C)C)COCCC(=O)OC(C)(C)C. The number of carbonyl (C=O) groups is 3. The maximum Gasteiger partial charge on any atom is 0.308 e. The first kappa shape index (κ1) is 33.2. The molecule has 10 heteroatoms. The monoisotopic (exact) mass is 506 g/mol. The summed E-state index contributed by atoms with van der Waals surface area (Å²) < 4.78 is 32.1. The van der Waals surface area contributed by atoms with Gasteiger partial charge in [0.1, 0.15) is 22.4 Å². The predicted molar refractivity (Wildman–Crippen MR) is 129 cm³/mol. The van der Waals surface area contributed by atoms with Crippen LogP contribution in [0.15, 0.2) is 0 Å². The molecule has 0 spiro atoms. The topological polar surface area (TPSA) is 127 Å². The second-order valence-electron chi connectivity index (χ2n) is 11.4. The van der Waals surface area contributed by atoms with E-state index in [-0.39, 0.29) is 58.9 Å². The van der Waals surface area contributed by atoms with E-state index in [0.29, 0.717) is 0 Å². The first-order valence-corrected chi connectivity index (χ1v) is 11.9. The van der Waals surface area contributed by atoms with E-state index < -0.39 is 40.3 Å². The average Bonchev–Trinajstić information content (AvgIpc) is 2.62. The van der Waals surface area contributed by atoms with E-state index in [1.165, 1.54) is 0 Å². The van der Waals surface area contributed by atoms with E-state index in [1.807, 2.05) is 0 Å². The van der Waals surface area contributed by atoms with E-state index in [1.54, 1.807) is 62.3 Å². The fraction of sp³-hybridized carbons (Fsp3) is 0.880. The predicted octanol–water partition coefficient (Wildman–Crippen LogP) is 2.96. The molecule has 0 saturated heterocycles. The minimum atomic E-state index is -1.56. The van der Waals surface area contributed by atoms with Gasteiger partial charge in [-0.2, -0.15) is 0 Å². The molecular formula is C25H46O10. The lowest BCUT2D eigenvalue weighted by molar-refractivity contribution is -0.161. The molecule has 206 valence electrons. The third kappa shape index (κ3) is 21.3. The number of carbonyl (C=O) groups excluding carboxylic acids is 3. The Morgan fingerprint density at radius 2 is 0.743 bits per heavy atom. The van der Waals surface area contributed by atoms with Gasteiger partial charge < -0.3 is 33.5 Å². The van der Waals surface area contributed by atoms with Crippen LogP contribution in [0.5, 0.6) is 0 Å². The van der Waals surface area contributed by atoms with Gasteiger partial charge in [-0.3, -0.25) is 14.4 Å². The molecule has 0 aliphatic heterocycles. The lowest BCUT2D eigenvalue weighted by atomic mass is 10.1. The highest BCUT2D eigenvalue weighted by Gasteiger charge is 2.29. The van der Waals surface area contributed by atoms with Gasteiger partial charge in [-0.1, -0.05) is 0 Å². The van der Waals surface area contributed by atoms with E-state index in [2.05, 4.69) is 0 Å². The smallest absolute Gasteiger partial charge is 0.308 e. The van der Waals surface area contributed by atoms with Crippen molar-refractivity contribution >= 4 is 17.9 Å². The minimum absolute atomic E-state index is 0.0202. The van der Waals surface area contributed by atoms with Crippen molar-refractivity contribution < 1.29 is 47.9 Å². The van der Waals surface area contributed by atoms with Gasteiger partial charge in [-0.15, -0.1) is 0 Å². The lowest BCUT2D eigenvalue weighted by Gasteiger charge is -2.28. The average molecular weight is 507 g/mol. The Bertz CT molecular complexity index is 564. The molecule has 0 fully saturated rings. The third-order valence-corrected chi connectivity index (χ3v) is 3.72. The van der Waals surface area contributed by atoms with Gasteiger partial charge in [-0.05, 0) is 62.3 Å². The van der Waals surface area contributed by atoms with Crippen molar-refractivity contribution in [2.24, 2.45) is 0 Å². The summed E-state index contributed by atoms with van der Waals surface area (Å²) in [4.78, 5) is 35.5. The van der Waals surface area contributed by atoms with E-state index in [0.717, 1.165) is 0 Å². The molecule has 0 aliphatic rings. The molecule has 0 aliphatic carbocycles. The minimum Gasteiger partial charge on any atom is -0.460 e. The number of hydrogen-bond donors (Lipinski definition) is 1. The summed E-state index contributed by atoms with van der Waals surface area (Å²) in [7, 11) is 0. The van der Waals surface area contributed by atoms with Crippen LogP contribution < -0.4 is 0 Å². The fourth-order valence-corrected chi connectivity index (χ4v) is 2.56. The maximum absolute atomic E-state index is 11.8. The van der Waals surface area contributed by atoms with Gasteiger partial charge in [0.2, 0.25) is 0 Å². The normalized spacial score (nSPS) is 12.9. The highest BCUT2D eigenvalue weighted by Crippen LogP contribution is 2.13. The molecule has 0 heterocycles. The summed E-state index contributed by atoms with van der Waals surface area (Å²) in [5, 5.41) is 10.9. The van der Waals surface area contributed by atoms with Crippen LogP contribution >= 0.6 is 0 Å². The fourth-order valence-electron chi connectivity index (χ4n) is 2.56. The first-order valence-electron chi connectivity index (χ1n) is 11.9. The molecular weight excluding hydrogens is 460 g/mol. The van der Waals surface area contributed by atoms with E-state index >= 15 is 0 Å². The van der Waals surface area contributed by atoms with Crippen LogP contribution in [0, 0.1) is 0 Å². The summed E-state index contributed by atoms with van der Waals surface area (Å²) in [6.45, 7) is 15.5. The molecule has 1 N–H and O–H groups in total. The Hall–Kier alpha value is -1.75. The van der Waals surface area contributed by atoms with Crippen LogP contribution in [0.2, 0.25) is 0 Å². The molecule has 0 rings (SSSR count).